The van der Waals surface area contributed by atoms with Crippen molar-refractivity contribution in [1.29, 1.82) is 5.26 Å². The van der Waals surface area contributed by atoms with Crippen LogP contribution in [0.1, 0.15) is 17.0 Å². The maximum absolute atomic E-state index is 13.7. The first kappa shape index (κ1) is 21.7. The van der Waals surface area contributed by atoms with Crippen LogP contribution in [0.5, 0.6) is 0 Å². The number of sulfone groups is 1. The summed E-state index contributed by atoms with van der Waals surface area (Å²) in [6.45, 7) is 1.73. The van der Waals surface area contributed by atoms with Gasteiger partial charge in [0.25, 0.3) is 0 Å². The summed E-state index contributed by atoms with van der Waals surface area (Å²) in [5, 5.41) is 9.44. The van der Waals surface area contributed by atoms with Gasteiger partial charge in [-0.3, -0.25) is 0 Å². The number of allylic oxidation sites excluding steroid dienone is 1. The quantitative estimate of drug-likeness (QED) is 0.714. The molecule has 9 heteroatoms. The van der Waals surface area contributed by atoms with E-state index in [4.69, 9.17) is 4.74 Å². The number of anilines is 1. The predicted octanol–water partition coefficient (Wildman–Crippen LogP) is 4.31. The third kappa shape index (κ3) is 3.87. The van der Waals surface area contributed by atoms with Gasteiger partial charge in [0.05, 0.1) is 10.8 Å². The highest BCUT2D eigenvalue weighted by atomic mass is 32.2. The fraction of sp³-hybridized carbons (Fsp3) is 0.286. The van der Waals surface area contributed by atoms with E-state index in [0.717, 1.165) is 11.3 Å². The average Bonchev–Trinajstić information content (AvgIpc) is 3.09. The summed E-state index contributed by atoms with van der Waals surface area (Å²) >= 11 is 0. The molecule has 1 aliphatic rings. The minimum absolute atomic E-state index is 0.247. The van der Waals surface area contributed by atoms with Crippen LogP contribution in [0.4, 0.5) is 18.9 Å². The summed E-state index contributed by atoms with van der Waals surface area (Å²) in [6, 6.07) is 13.5. The van der Waals surface area contributed by atoms with Crippen molar-refractivity contribution < 1.29 is 26.3 Å². The molecule has 5 nitrogen and oxygen atoms in total. The number of hydrogen-bond donors (Lipinski definition) is 0. The maximum Gasteiger partial charge on any atom is 0.450 e. The lowest BCUT2D eigenvalue weighted by atomic mass is 9.94. The van der Waals surface area contributed by atoms with Gasteiger partial charge in [-0.2, -0.15) is 18.4 Å². The van der Waals surface area contributed by atoms with Gasteiger partial charge in [-0.15, -0.1) is 0 Å². The Kier molecular flexibility index (Phi) is 5.56. The van der Waals surface area contributed by atoms with Crippen LogP contribution in [0, 0.1) is 18.3 Å². The van der Waals surface area contributed by atoms with Gasteiger partial charge in [0.1, 0.15) is 11.0 Å². The lowest BCUT2D eigenvalue weighted by molar-refractivity contribution is -0.130. The second-order valence-corrected chi connectivity index (χ2v) is 9.06. The molecule has 2 atom stereocenters. The van der Waals surface area contributed by atoms with Crippen LogP contribution in [-0.2, 0) is 14.6 Å². The number of halogens is 3. The van der Waals surface area contributed by atoms with Gasteiger partial charge in [-0.1, -0.05) is 29.8 Å². The second-order valence-electron chi connectivity index (χ2n) is 7.14. The van der Waals surface area contributed by atoms with Gasteiger partial charge in [-0.05, 0) is 36.8 Å². The molecule has 0 aliphatic carbocycles. The van der Waals surface area contributed by atoms with E-state index in [-0.39, 0.29) is 10.5 Å². The van der Waals surface area contributed by atoms with E-state index in [1.165, 1.54) is 36.4 Å². The van der Waals surface area contributed by atoms with Gasteiger partial charge >= 0.3 is 6.18 Å². The largest absolute Gasteiger partial charge is 0.468 e. The van der Waals surface area contributed by atoms with Crippen LogP contribution < -0.4 is 4.90 Å². The standard InChI is InChI=1S/C21H19F3N2O3S/c1-13-4-10-16(11-5-13)30(27,28)19-18(14-6-8-15(9-7-14)26(2)3)17(12-25)29-20(19)21(22,23)24/h4-11,17-18H,1-3H3. The number of nitrogens with zero attached hydrogens (tertiary/aromatic N) is 2. The first-order valence-corrected chi connectivity index (χ1v) is 10.4. The van der Waals surface area contributed by atoms with E-state index in [9.17, 15) is 26.9 Å². The molecule has 0 saturated heterocycles. The van der Waals surface area contributed by atoms with Gasteiger partial charge in [0, 0.05) is 19.8 Å². The minimum Gasteiger partial charge on any atom is -0.468 e. The molecule has 3 rings (SSSR count). The van der Waals surface area contributed by atoms with Crippen LogP contribution >= 0.6 is 0 Å². The van der Waals surface area contributed by atoms with E-state index in [2.05, 4.69) is 0 Å². The van der Waals surface area contributed by atoms with Crippen molar-refractivity contribution in [3.8, 4) is 6.07 Å². The normalized spacial score (nSPS) is 19.4. The molecule has 2 aromatic carbocycles. The van der Waals surface area contributed by atoms with Crippen molar-refractivity contribution in [3.63, 3.8) is 0 Å². The van der Waals surface area contributed by atoms with E-state index in [0.29, 0.717) is 0 Å². The van der Waals surface area contributed by atoms with Gasteiger partial charge in [0.15, 0.2) is 6.10 Å². The molecule has 0 aromatic heterocycles. The highest BCUT2D eigenvalue weighted by Gasteiger charge is 2.53. The maximum atomic E-state index is 13.7. The summed E-state index contributed by atoms with van der Waals surface area (Å²) in [5.74, 6) is -3.05. The zero-order chi connectivity index (χ0) is 22.3. The number of benzene rings is 2. The Balaban J connectivity index is 2.24. The molecule has 0 saturated carbocycles. The van der Waals surface area contributed by atoms with Gasteiger partial charge < -0.3 is 9.64 Å². The fourth-order valence-corrected chi connectivity index (χ4v) is 5.03. The number of nitriles is 1. The highest BCUT2D eigenvalue weighted by molar-refractivity contribution is 7.95. The molecule has 0 bridgehead atoms. The summed E-state index contributed by atoms with van der Waals surface area (Å²) in [7, 11) is -0.997. The fourth-order valence-electron chi connectivity index (χ4n) is 3.28. The van der Waals surface area contributed by atoms with Crippen molar-refractivity contribution in [2.45, 2.75) is 30.0 Å². The van der Waals surface area contributed by atoms with E-state index < -0.39 is 38.7 Å². The summed E-state index contributed by atoms with van der Waals surface area (Å²) in [4.78, 5) is 0.558. The molecule has 1 heterocycles. The molecule has 0 radical (unpaired) electrons. The van der Waals surface area contributed by atoms with Crippen LogP contribution in [0.2, 0.25) is 0 Å². The molecule has 0 fully saturated rings. The van der Waals surface area contributed by atoms with E-state index >= 15 is 0 Å². The Morgan fingerprint density at radius 3 is 2.07 bits per heavy atom. The van der Waals surface area contributed by atoms with Crippen molar-refractivity contribution in [1.82, 2.24) is 0 Å². The zero-order valence-electron chi connectivity index (χ0n) is 16.4. The molecular weight excluding hydrogens is 417 g/mol. The molecule has 0 N–H and O–H groups in total. The SMILES string of the molecule is Cc1ccc(S(=O)(=O)C2=C(C(F)(F)F)OC(C#N)C2c2ccc(N(C)C)cc2)cc1. The zero-order valence-corrected chi connectivity index (χ0v) is 17.3. The molecule has 0 amide bonds. The van der Waals surface area contributed by atoms with Crippen molar-refractivity contribution in [3.05, 3.63) is 70.3 Å². The monoisotopic (exact) mass is 436 g/mol. The molecule has 2 unspecified atom stereocenters. The lowest BCUT2D eigenvalue weighted by Gasteiger charge is -2.19. The van der Waals surface area contributed by atoms with E-state index in [1.54, 1.807) is 44.1 Å². The number of rotatable bonds is 4. The Hall–Kier alpha value is -2.99. The lowest BCUT2D eigenvalue weighted by Crippen LogP contribution is -2.19. The van der Waals surface area contributed by atoms with Crippen LogP contribution in [0.3, 0.4) is 0 Å². The van der Waals surface area contributed by atoms with Gasteiger partial charge in [-0.25, -0.2) is 8.42 Å². The number of alkyl halides is 3. The smallest absolute Gasteiger partial charge is 0.450 e. The summed E-state index contributed by atoms with van der Waals surface area (Å²) in [6.07, 6.45) is -6.69. The topological polar surface area (TPSA) is 70.4 Å². The Morgan fingerprint density at radius 1 is 1.03 bits per heavy atom. The predicted molar refractivity (Wildman–Crippen MR) is 105 cm³/mol. The number of aryl methyl sites for hydroxylation is 1. The van der Waals surface area contributed by atoms with E-state index in [1.807, 2.05) is 0 Å². The number of hydrogen-bond acceptors (Lipinski definition) is 5. The molecule has 2 aromatic rings. The minimum atomic E-state index is -5.07. The molecule has 30 heavy (non-hydrogen) atoms. The number of ether oxygens (including phenoxy) is 1. The summed E-state index contributed by atoms with van der Waals surface area (Å²) in [5.41, 5.74) is 1.78. The third-order valence-electron chi connectivity index (χ3n) is 4.83. The first-order valence-electron chi connectivity index (χ1n) is 8.93. The van der Waals surface area contributed by atoms with Crippen LogP contribution in [0.15, 0.2) is 64.1 Å². The molecule has 0 spiro atoms. The third-order valence-corrected chi connectivity index (χ3v) is 6.74. The molecule has 158 valence electrons. The average molecular weight is 436 g/mol. The first-order chi connectivity index (χ1) is 14.0. The molecule has 1 aliphatic heterocycles. The van der Waals surface area contributed by atoms with Crippen molar-refractivity contribution in [2.75, 3.05) is 19.0 Å². The van der Waals surface area contributed by atoms with Crippen LogP contribution in [0.25, 0.3) is 0 Å². The Labute approximate surface area is 172 Å². The Bertz CT molecular complexity index is 1110. The summed E-state index contributed by atoms with van der Waals surface area (Å²) < 4.78 is 72.6. The Morgan fingerprint density at radius 2 is 1.60 bits per heavy atom. The highest BCUT2D eigenvalue weighted by Crippen LogP contribution is 2.48. The second kappa shape index (κ2) is 7.69. The van der Waals surface area contributed by atoms with Crippen molar-refractivity contribution in [2.24, 2.45) is 0 Å². The van der Waals surface area contributed by atoms with Gasteiger partial charge in [0.2, 0.25) is 15.6 Å². The van der Waals surface area contributed by atoms with Crippen LogP contribution in [-0.4, -0.2) is 34.8 Å². The van der Waals surface area contributed by atoms with Crippen molar-refractivity contribution >= 4 is 15.5 Å². The molecular formula is C21H19F3N2O3S.